The maximum atomic E-state index is 12.4. The van der Waals surface area contributed by atoms with E-state index in [0.717, 1.165) is 5.56 Å². The Morgan fingerprint density at radius 2 is 1.58 bits per heavy atom. The van der Waals surface area contributed by atoms with Crippen LogP contribution in [0, 0.1) is 0 Å². The van der Waals surface area contributed by atoms with Crippen molar-refractivity contribution in [1.82, 2.24) is 25.4 Å². The Balaban J connectivity index is 1.59. The minimum Gasteiger partial charge on any atom is -0.349 e. The van der Waals surface area contributed by atoms with Crippen molar-refractivity contribution in [1.29, 1.82) is 0 Å². The Bertz CT molecular complexity index is 1010. The highest BCUT2D eigenvalue weighted by Gasteiger charge is 2.20. The molecule has 31 heavy (non-hydrogen) atoms. The van der Waals surface area contributed by atoms with E-state index in [1.807, 2.05) is 73.9 Å². The van der Waals surface area contributed by atoms with E-state index in [2.05, 4.69) is 20.8 Å². The van der Waals surface area contributed by atoms with Gasteiger partial charge in [-0.05, 0) is 38.5 Å². The second-order valence-corrected chi connectivity index (χ2v) is 8.08. The highest BCUT2D eigenvalue weighted by atomic mass is 32.2. The summed E-state index contributed by atoms with van der Waals surface area (Å²) in [5.41, 5.74) is 1.65. The molecule has 2 aromatic carbocycles. The third-order valence-electron chi connectivity index (χ3n) is 4.84. The van der Waals surface area contributed by atoms with E-state index < -0.39 is 0 Å². The van der Waals surface area contributed by atoms with Crippen molar-refractivity contribution in [3.63, 3.8) is 0 Å². The van der Waals surface area contributed by atoms with Crippen LogP contribution in [0.1, 0.15) is 54.6 Å². The van der Waals surface area contributed by atoms with Crippen molar-refractivity contribution >= 4 is 23.6 Å². The molecule has 0 saturated carbocycles. The fraction of sp³-hybridized carbons (Fsp3) is 0.304. The average molecular weight is 438 g/mol. The van der Waals surface area contributed by atoms with Crippen LogP contribution >= 0.6 is 11.8 Å². The normalized spacial score (nSPS) is 12.7. The van der Waals surface area contributed by atoms with E-state index in [-0.39, 0.29) is 29.7 Å². The molecule has 2 amide bonds. The SMILES string of the molecule is CCn1c(SCC(=O)N[C@H](C)c2ccccc2)nnc1[C@@H](C)NC(=O)c1ccccc1. The number of hydrogen-bond donors (Lipinski definition) is 2. The third-order valence-corrected chi connectivity index (χ3v) is 5.81. The molecule has 3 aromatic rings. The van der Waals surface area contributed by atoms with Crippen LogP contribution in [0.3, 0.4) is 0 Å². The number of benzene rings is 2. The zero-order valence-electron chi connectivity index (χ0n) is 17.9. The lowest BCUT2D eigenvalue weighted by molar-refractivity contribution is -0.119. The first-order valence-electron chi connectivity index (χ1n) is 10.3. The molecule has 2 N–H and O–H groups in total. The first kappa shape index (κ1) is 22.6. The molecule has 0 aliphatic carbocycles. The van der Waals surface area contributed by atoms with Crippen LogP contribution in [-0.2, 0) is 11.3 Å². The molecule has 7 nitrogen and oxygen atoms in total. The highest BCUT2D eigenvalue weighted by molar-refractivity contribution is 7.99. The van der Waals surface area contributed by atoms with E-state index in [4.69, 9.17) is 0 Å². The van der Waals surface area contributed by atoms with Gasteiger partial charge in [-0.2, -0.15) is 0 Å². The predicted molar refractivity (Wildman–Crippen MR) is 122 cm³/mol. The number of nitrogens with one attached hydrogen (secondary N) is 2. The van der Waals surface area contributed by atoms with Crippen molar-refractivity contribution in [2.45, 2.75) is 44.6 Å². The van der Waals surface area contributed by atoms with Gasteiger partial charge >= 0.3 is 0 Å². The summed E-state index contributed by atoms with van der Waals surface area (Å²) in [5.74, 6) is 0.661. The van der Waals surface area contributed by atoms with Gasteiger partial charge in [-0.15, -0.1) is 10.2 Å². The molecule has 0 saturated heterocycles. The Morgan fingerprint density at radius 1 is 0.935 bits per heavy atom. The molecule has 162 valence electrons. The van der Waals surface area contributed by atoms with Crippen molar-refractivity contribution in [3.05, 3.63) is 77.6 Å². The number of amides is 2. The van der Waals surface area contributed by atoms with Crippen molar-refractivity contribution in [2.75, 3.05) is 5.75 Å². The molecule has 0 spiro atoms. The minimum absolute atomic E-state index is 0.0675. The standard InChI is InChI=1S/C23H27N5O2S/c1-4-28-21(17(3)25-22(30)19-13-9-6-10-14-19)26-27-23(28)31-15-20(29)24-16(2)18-11-7-5-8-12-18/h5-14,16-17H,4,15H2,1-3H3,(H,24,29)(H,25,30)/t16-,17-/m1/s1. The molecule has 2 atom stereocenters. The summed E-state index contributed by atoms with van der Waals surface area (Å²) in [6.45, 7) is 6.46. The topological polar surface area (TPSA) is 88.9 Å². The molecule has 0 aliphatic rings. The maximum absolute atomic E-state index is 12.4. The van der Waals surface area contributed by atoms with Gasteiger partial charge in [-0.25, -0.2) is 0 Å². The van der Waals surface area contributed by atoms with Gasteiger partial charge in [0, 0.05) is 12.1 Å². The molecule has 0 fully saturated rings. The van der Waals surface area contributed by atoms with Crippen LogP contribution in [0.4, 0.5) is 0 Å². The van der Waals surface area contributed by atoms with Gasteiger partial charge in [0.1, 0.15) is 0 Å². The summed E-state index contributed by atoms with van der Waals surface area (Å²) in [4.78, 5) is 24.8. The molecule has 0 radical (unpaired) electrons. The van der Waals surface area contributed by atoms with Gasteiger partial charge in [0.2, 0.25) is 5.91 Å². The number of aromatic nitrogens is 3. The number of nitrogens with zero attached hydrogens (tertiary/aromatic N) is 3. The summed E-state index contributed by atoms with van der Waals surface area (Å²) in [5, 5.41) is 15.1. The second kappa shape index (κ2) is 10.8. The zero-order valence-corrected chi connectivity index (χ0v) is 18.7. The van der Waals surface area contributed by atoms with E-state index in [1.54, 1.807) is 12.1 Å². The fourth-order valence-corrected chi connectivity index (χ4v) is 4.02. The summed E-state index contributed by atoms with van der Waals surface area (Å²) < 4.78 is 1.93. The average Bonchev–Trinajstić information content (AvgIpc) is 3.22. The summed E-state index contributed by atoms with van der Waals surface area (Å²) >= 11 is 1.34. The van der Waals surface area contributed by atoms with E-state index in [0.29, 0.717) is 23.1 Å². The molecule has 0 bridgehead atoms. The van der Waals surface area contributed by atoms with Gasteiger partial charge in [-0.1, -0.05) is 60.3 Å². The molecule has 3 rings (SSSR count). The molecule has 0 unspecified atom stereocenters. The first-order chi connectivity index (χ1) is 15.0. The summed E-state index contributed by atoms with van der Waals surface area (Å²) in [6.07, 6.45) is 0. The van der Waals surface area contributed by atoms with Crippen LogP contribution in [0.25, 0.3) is 0 Å². The Kier molecular flexibility index (Phi) is 7.83. The highest BCUT2D eigenvalue weighted by Crippen LogP contribution is 2.21. The molecular weight excluding hydrogens is 410 g/mol. The quantitative estimate of drug-likeness (QED) is 0.498. The van der Waals surface area contributed by atoms with Gasteiger partial charge in [-0.3, -0.25) is 9.59 Å². The Hall–Kier alpha value is -3.13. The fourth-order valence-electron chi connectivity index (χ4n) is 3.20. The number of rotatable bonds is 9. The van der Waals surface area contributed by atoms with E-state index in [1.165, 1.54) is 11.8 Å². The molecule has 1 heterocycles. The van der Waals surface area contributed by atoms with Crippen LogP contribution in [-0.4, -0.2) is 32.3 Å². The number of carbonyl (C=O) groups excluding carboxylic acids is 2. The van der Waals surface area contributed by atoms with Crippen LogP contribution in [0.2, 0.25) is 0 Å². The van der Waals surface area contributed by atoms with Crippen LogP contribution in [0.15, 0.2) is 65.8 Å². The number of hydrogen-bond acceptors (Lipinski definition) is 5. The number of thioether (sulfide) groups is 1. The van der Waals surface area contributed by atoms with Crippen molar-refractivity contribution < 1.29 is 9.59 Å². The van der Waals surface area contributed by atoms with Crippen LogP contribution < -0.4 is 10.6 Å². The van der Waals surface area contributed by atoms with Gasteiger partial charge < -0.3 is 15.2 Å². The Morgan fingerprint density at radius 3 is 2.23 bits per heavy atom. The number of carbonyl (C=O) groups is 2. The largest absolute Gasteiger partial charge is 0.349 e. The van der Waals surface area contributed by atoms with Crippen LogP contribution in [0.5, 0.6) is 0 Å². The first-order valence-corrected chi connectivity index (χ1v) is 11.2. The van der Waals surface area contributed by atoms with E-state index >= 15 is 0 Å². The molecule has 0 aliphatic heterocycles. The lowest BCUT2D eigenvalue weighted by Gasteiger charge is -2.16. The second-order valence-electron chi connectivity index (χ2n) is 7.13. The van der Waals surface area contributed by atoms with Gasteiger partial charge in [0.05, 0.1) is 17.8 Å². The third kappa shape index (κ3) is 5.95. The van der Waals surface area contributed by atoms with Crippen molar-refractivity contribution in [2.24, 2.45) is 0 Å². The van der Waals surface area contributed by atoms with E-state index in [9.17, 15) is 9.59 Å². The molecule has 8 heteroatoms. The zero-order chi connectivity index (χ0) is 22.2. The monoisotopic (exact) mass is 437 g/mol. The molecular formula is C23H27N5O2S. The van der Waals surface area contributed by atoms with Gasteiger partial charge in [0.15, 0.2) is 11.0 Å². The lowest BCUT2D eigenvalue weighted by Crippen LogP contribution is -2.29. The smallest absolute Gasteiger partial charge is 0.251 e. The lowest BCUT2D eigenvalue weighted by atomic mass is 10.1. The maximum Gasteiger partial charge on any atom is 0.251 e. The van der Waals surface area contributed by atoms with Crippen molar-refractivity contribution in [3.8, 4) is 0 Å². The summed E-state index contributed by atoms with van der Waals surface area (Å²) in [7, 11) is 0. The Labute approximate surface area is 186 Å². The predicted octanol–water partition coefficient (Wildman–Crippen LogP) is 3.76. The minimum atomic E-state index is -0.318. The molecule has 1 aromatic heterocycles. The van der Waals surface area contributed by atoms with Gasteiger partial charge in [0.25, 0.3) is 5.91 Å². The summed E-state index contributed by atoms with van der Waals surface area (Å²) in [6, 6.07) is 18.5.